The highest BCUT2D eigenvalue weighted by Gasteiger charge is 2.31. The smallest absolute Gasteiger partial charge is 0.409 e. The Bertz CT molecular complexity index is 654. The van der Waals surface area contributed by atoms with Gasteiger partial charge in [-0.2, -0.15) is 0 Å². The Morgan fingerprint density at radius 2 is 1.86 bits per heavy atom. The van der Waals surface area contributed by atoms with Crippen LogP contribution in [0.1, 0.15) is 31.2 Å². The lowest BCUT2D eigenvalue weighted by Gasteiger charge is -2.31. The van der Waals surface area contributed by atoms with Crippen LogP contribution in [0.15, 0.2) is 47.1 Å². The highest BCUT2D eigenvalue weighted by Crippen LogP contribution is 2.36. The number of aliphatic hydroxyl groups excluding tert-OH is 1. The molecule has 5 nitrogen and oxygen atoms in total. The fourth-order valence-corrected chi connectivity index (χ4v) is 2.44. The third-order valence-corrected chi connectivity index (χ3v) is 4.12. The molecule has 0 aliphatic carbocycles. The van der Waals surface area contributed by atoms with Gasteiger partial charge in [-0.1, -0.05) is 41.9 Å². The SMILES string of the molecule is CC(C)(c1ccc(Br)cc1)C(O)c1ccc(NC(=O)O)cn1. The van der Waals surface area contributed by atoms with Gasteiger partial charge in [0.05, 0.1) is 17.6 Å². The van der Waals surface area contributed by atoms with Crippen molar-refractivity contribution in [3.05, 3.63) is 58.3 Å². The number of aromatic nitrogens is 1. The molecule has 1 aromatic carbocycles. The van der Waals surface area contributed by atoms with Gasteiger partial charge in [0.1, 0.15) is 6.10 Å². The van der Waals surface area contributed by atoms with Crippen LogP contribution >= 0.6 is 15.9 Å². The number of rotatable bonds is 4. The van der Waals surface area contributed by atoms with Crippen LogP contribution in [0.2, 0.25) is 0 Å². The van der Waals surface area contributed by atoms with E-state index in [0.717, 1.165) is 10.0 Å². The summed E-state index contributed by atoms with van der Waals surface area (Å²) >= 11 is 3.39. The van der Waals surface area contributed by atoms with Gasteiger partial charge in [-0.25, -0.2) is 4.79 Å². The molecule has 0 saturated carbocycles. The van der Waals surface area contributed by atoms with Crippen LogP contribution in [0.4, 0.5) is 10.5 Å². The third kappa shape index (κ3) is 3.64. The highest BCUT2D eigenvalue weighted by atomic mass is 79.9. The molecule has 1 amide bonds. The van der Waals surface area contributed by atoms with E-state index in [1.54, 1.807) is 12.1 Å². The molecular formula is C16H17BrN2O3. The fraction of sp³-hybridized carbons (Fsp3) is 0.250. The average Bonchev–Trinajstić information content (AvgIpc) is 2.47. The molecule has 22 heavy (non-hydrogen) atoms. The fourth-order valence-electron chi connectivity index (χ4n) is 2.17. The number of hydrogen-bond donors (Lipinski definition) is 3. The van der Waals surface area contributed by atoms with E-state index >= 15 is 0 Å². The molecule has 1 aromatic heterocycles. The van der Waals surface area contributed by atoms with E-state index in [0.29, 0.717) is 11.4 Å². The van der Waals surface area contributed by atoms with Gasteiger partial charge in [-0.05, 0) is 29.8 Å². The number of benzene rings is 1. The van der Waals surface area contributed by atoms with Crippen molar-refractivity contribution in [3.8, 4) is 0 Å². The molecule has 0 bridgehead atoms. The second-order valence-corrected chi connectivity index (χ2v) is 6.45. The van der Waals surface area contributed by atoms with Crippen molar-refractivity contribution in [2.75, 3.05) is 5.32 Å². The number of hydrogen-bond acceptors (Lipinski definition) is 3. The number of halogens is 1. The van der Waals surface area contributed by atoms with Gasteiger partial charge in [0.15, 0.2) is 0 Å². The van der Waals surface area contributed by atoms with E-state index in [2.05, 4.69) is 26.2 Å². The molecule has 3 N–H and O–H groups in total. The molecule has 0 fully saturated rings. The molecule has 0 aliphatic heterocycles. The van der Waals surface area contributed by atoms with E-state index in [1.165, 1.54) is 6.20 Å². The Kier molecular flexibility index (Phi) is 4.83. The molecule has 1 unspecified atom stereocenters. The molecule has 116 valence electrons. The average molecular weight is 365 g/mol. The quantitative estimate of drug-likeness (QED) is 0.766. The first-order valence-electron chi connectivity index (χ1n) is 6.70. The summed E-state index contributed by atoms with van der Waals surface area (Å²) in [6, 6.07) is 11.0. The first kappa shape index (κ1) is 16.5. The number of anilines is 1. The second kappa shape index (κ2) is 6.46. The number of pyridine rings is 1. The van der Waals surface area contributed by atoms with Gasteiger partial charge in [0.2, 0.25) is 0 Å². The van der Waals surface area contributed by atoms with Crippen LogP contribution in [0, 0.1) is 0 Å². The molecule has 0 radical (unpaired) electrons. The number of amides is 1. The Morgan fingerprint density at radius 1 is 1.23 bits per heavy atom. The van der Waals surface area contributed by atoms with Gasteiger partial charge in [-0.3, -0.25) is 10.3 Å². The van der Waals surface area contributed by atoms with Crippen LogP contribution in [0.5, 0.6) is 0 Å². The monoisotopic (exact) mass is 364 g/mol. The van der Waals surface area contributed by atoms with E-state index in [4.69, 9.17) is 5.11 Å². The standard InChI is InChI=1S/C16H17BrN2O3/c1-16(2,10-3-5-11(17)6-4-10)14(20)13-8-7-12(9-18-13)19-15(21)22/h3-9,14,19-20H,1-2H3,(H,21,22). The summed E-state index contributed by atoms with van der Waals surface area (Å²) in [6.07, 6.45) is -0.567. The van der Waals surface area contributed by atoms with Gasteiger partial charge >= 0.3 is 6.09 Å². The molecular weight excluding hydrogens is 348 g/mol. The topological polar surface area (TPSA) is 82.5 Å². The summed E-state index contributed by atoms with van der Waals surface area (Å²) in [5, 5.41) is 21.5. The second-order valence-electron chi connectivity index (χ2n) is 5.53. The zero-order valence-electron chi connectivity index (χ0n) is 12.2. The number of nitrogens with zero attached hydrogens (tertiary/aromatic N) is 1. The molecule has 0 saturated heterocycles. The normalized spacial score (nSPS) is 12.7. The molecule has 1 atom stereocenters. The van der Waals surface area contributed by atoms with E-state index in [9.17, 15) is 9.90 Å². The number of carboxylic acid groups (broad SMARTS) is 1. The van der Waals surface area contributed by atoms with Gasteiger partial charge in [0.25, 0.3) is 0 Å². The third-order valence-electron chi connectivity index (χ3n) is 3.59. The zero-order valence-corrected chi connectivity index (χ0v) is 13.8. The molecule has 6 heteroatoms. The Hall–Kier alpha value is -1.92. The summed E-state index contributed by atoms with van der Waals surface area (Å²) in [5.74, 6) is 0. The summed E-state index contributed by atoms with van der Waals surface area (Å²) in [4.78, 5) is 14.7. The molecule has 2 rings (SSSR count). The van der Waals surface area contributed by atoms with Crippen LogP contribution in [-0.4, -0.2) is 21.3 Å². The van der Waals surface area contributed by atoms with E-state index in [1.807, 2.05) is 38.1 Å². The van der Waals surface area contributed by atoms with Gasteiger partial charge in [-0.15, -0.1) is 0 Å². The molecule has 0 spiro atoms. The number of aliphatic hydroxyl groups is 1. The summed E-state index contributed by atoms with van der Waals surface area (Å²) in [5.41, 5.74) is 1.31. The lowest BCUT2D eigenvalue weighted by Crippen LogP contribution is -2.27. The Morgan fingerprint density at radius 3 is 2.36 bits per heavy atom. The zero-order chi connectivity index (χ0) is 16.3. The number of carbonyl (C=O) groups is 1. The van der Waals surface area contributed by atoms with Gasteiger partial charge in [0, 0.05) is 9.89 Å². The van der Waals surface area contributed by atoms with E-state index < -0.39 is 17.6 Å². The molecule has 0 aliphatic rings. The number of nitrogens with one attached hydrogen (secondary N) is 1. The van der Waals surface area contributed by atoms with Crippen molar-refractivity contribution in [1.82, 2.24) is 4.98 Å². The van der Waals surface area contributed by atoms with Crippen LogP contribution in [-0.2, 0) is 5.41 Å². The minimum atomic E-state index is -1.15. The largest absolute Gasteiger partial charge is 0.465 e. The van der Waals surface area contributed by atoms with Crippen LogP contribution in [0.25, 0.3) is 0 Å². The van der Waals surface area contributed by atoms with Crippen LogP contribution in [0.3, 0.4) is 0 Å². The minimum absolute atomic E-state index is 0.366. The van der Waals surface area contributed by atoms with Crippen molar-refractivity contribution < 1.29 is 15.0 Å². The highest BCUT2D eigenvalue weighted by molar-refractivity contribution is 9.10. The summed E-state index contributed by atoms with van der Waals surface area (Å²) in [6.45, 7) is 3.87. The van der Waals surface area contributed by atoms with Crippen molar-refractivity contribution in [3.63, 3.8) is 0 Å². The van der Waals surface area contributed by atoms with Crippen molar-refractivity contribution in [1.29, 1.82) is 0 Å². The van der Waals surface area contributed by atoms with Gasteiger partial charge < -0.3 is 10.2 Å². The lowest BCUT2D eigenvalue weighted by molar-refractivity contribution is 0.0962. The van der Waals surface area contributed by atoms with Crippen molar-refractivity contribution >= 4 is 27.7 Å². The first-order chi connectivity index (χ1) is 10.3. The van der Waals surface area contributed by atoms with Crippen LogP contribution < -0.4 is 5.32 Å². The predicted octanol–water partition coefficient (Wildman–Crippen LogP) is 3.95. The summed E-state index contributed by atoms with van der Waals surface area (Å²) in [7, 11) is 0. The first-order valence-corrected chi connectivity index (χ1v) is 7.50. The van der Waals surface area contributed by atoms with Crippen molar-refractivity contribution in [2.24, 2.45) is 0 Å². The maximum absolute atomic E-state index is 10.6. The van der Waals surface area contributed by atoms with Crippen molar-refractivity contribution in [2.45, 2.75) is 25.4 Å². The minimum Gasteiger partial charge on any atom is -0.465 e. The predicted molar refractivity (Wildman–Crippen MR) is 88.0 cm³/mol. The molecule has 1 heterocycles. The molecule has 2 aromatic rings. The Balaban J connectivity index is 2.23. The Labute approximate surface area is 137 Å². The lowest BCUT2D eigenvalue weighted by atomic mass is 9.78. The van der Waals surface area contributed by atoms with E-state index in [-0.39, 0.29) is 0 Å². The summed E-state index contributed by atoms with van der Waals surface area (Å²) < 4.78 is 0.976. The maximum Gasteiger partial charge on any atom is 0.409 e. The maximum atomic E-state index is 10.6.